The van der Waals surface area contributed by atoms with E-state index in [2.05, 4.69) is 5.73 Å². The SMILES string of the molecule is C[C@H]([NH3+])C(=O)N1CCC[C@H]1B(O)O. The van der Waals surface area contributed by atoms with Gasteiger partial charge in [0.1, 0.15) is 0 Å². The Kier molecular flexibility index (Phi) is 3.30. The molecule has 1 saturated heterocycles. The Bertz CT molecular complexity index is 198. The first-order valence-corrected chi connectivity index (χ1v) is 4.53. The zero-order valence-corrected chi connectivity index (χ0v) is 7.81. The monoisotopic (exact) mass is 187 g/mol. The number of carbonyl (C=O) groups excluding carboxylic acids is 1. The predicted octanol–water partition coefficient (Wildman–Crippen LogP) is -2.38. The van der Waals surface area contributed by atoms with Crippen molar-refractivity contribution >= 4 is 13.0 Å². The van der Waals surface area contributed by atoms with Gasteiger partial charge in [0, 0.05) is 6.54 Å². The third-order valence-electron chi connectivity index (χ3n) is 2.35. The molecule has 0 aliphatic carbocycles. The van der Waals surface area contributed by atoms with Crippen molar-refractivity contribution in [2.75, 3.05) is 6.54 Å². The van der Waals surface area contributed by atoms with E-state index in [0.29, 0.717) is 13.0 Å². The summed E-state index contributed by atoms with van der Waals surface area (Å²) in [6.45, 7) is 2.32. The zero-order chi connectivity index (χ0) is 10.0. The van der Waals surface area contributed by atoms with Crippen molar-refractivity contribution in [3.8, 4) is 0 Å². The molecule has 5 nitrogen and oxygen atoms in total. The second kappa shape index (κ2) is 4.08. The number of hydrogen-bond acceptors (Lipinski definition) is 3. The Hall–Kier alpha value is -0.585. The first-order valence-electron chi connectivity index (χ1n) is 4.53. The van der Waals surface area contributed by atoms with Crippen molar-refractivity contribution in [2.24, 2.45) is 0 Å². The number of nitrogens with zero attached hydrogens (tertiary/aromatic N) is 1. The summed E-state index contributed by atoms with van der Waals surface area (Å²) in [4.78, 5) is 13.0. The molecule has 0 unspecified atom stereocenters. The largest absolute Gasteiger partial charge is 0.475 e. The number of amides is 1. The third-order valence-corrected chi connectivity index (χ3v) is 2.35. The Labute approximate surface area is 77.7 Å². The average molecular weight is 187 g/mol. The Balaban J connectivity index is 2.63. The first-order chi connectivity index (χ1) is 6.04. The normalized spacial score (nSPS) is 24.6. The van der Waals surface area contributed by atoms with Gasteiger partial charge in [-0.3, -0.25) is 4.79 Å². The van der Waals surface area contributed by atoms with Crippen LogP contribution in [0.25, 0.3) is 0 Å². The summed E-state index contributed by atoms with van der Waals surface area (Å²) < 4.78 is 0. The van der Waals surface area contributed by atoms with Crippen LogP contribution in [-0.2, 0) is 4.79 Å². The van der Waals surface area contributed by atoms with Crippen LogP contribution in [0.5, 0.6) is 0 Å². The standard InChI is InChI=1S/C7H15BN2O3/c1-5(9)7(11)10-4-2-3-6(10)8(12)13/h5-6,12-13H,2-4,9H2,1H3/p+1/t5-,6-/m0/s1. The van der Waals surface area contributed by atoms with Crippen LogP contribution in [0.3, 0.4) is 0 Å². The van der Waals surface area contributed by atoms with Crippen LogP contribution < -0.4 is 5.73 Å². The van der Waals surface area contributed by atoms with Gasteiger partial charge < -0.3 is 20.7 Å². The fraction of sp³-hybridized carbons (Fsp3) is 0.857. The molecular formula is C7H16BN2O3+. The predicted molar refractivity (Wildman–Crippen MR) is 47.3 cm³/mol. The lowest BCUT2D eigenvalue weighted by atomic mass is 9.78. The van der Waals surface area contributed by atoms with Crippen molar-refractivity contribution in [1.82, 2.24) is 4.90 Å². The van der Waals surface area contributed by atoms with E-state index in [-0.39, 0.29) is 11.9 Å². The summed E-state index contributed by atoms with van der Waals surface area (Å²) in [5.41, 5.74) is 3.62. The van der Waals surface area contributed by atoms with E-state index in [1.807, 2.05) is 0 Å². The summed E-state index contributed by atoms with van der Waals surface area (Å²) in [5, 5.41) is 18.0. The van der Waals surface area contributed by atoms with Crippen LogP contribution in [0.4, 0.5) is 0 Å². The highest BCUT2D eigenvalue weighted by atomic mass is 16.4. The molecule has 0 aromatic heterocycles. The topological polar surface area (TPSA) is 88.4 Å². The van der Waals surface area contributed by atoms with Gasteiger partial charge in [0.25, 0.3) is 5.91 Å². The van der Waals surface area contributed by atoms with Gasteiger partial charge in [0.15, 0.2) is 6.04 Å². The number of hydrogen-bond donors (Lipinski definition) is 3. The van der Waals surface area contributed by atoms with Crippen LogP contribution >= 0.6 is 0 Å². The zero-order valence-electron chi connectivity index (χ0n) is 7.81. The van der Waals surface area contributed by atoms with Gasteiger partial charge in [-0.1, -0.05) is 0 Å². The van der Waals surface area contributed by atoms with Gasteiger partial charge in [-0.15, -0.1) is 0 Å². The molecule has 74 valence electrons. The highest BCUT2D eigenvalue weighted by Crippen LogP contribution is 2.18. The van der Waals surface area contributed by atoms with Gasteiger partial charge >= 0.3 is 7.12 Å². The number of quaternary nitrogens is 1. The Morgan fingerprint density at radius 3 is 2.77 bits per heavy atom. The summed E-state index contributed by atoms with van der Waals surface area (Å²) in [5.74, 6) is -0.535. The highest BCUT2D eigenvalue weighted by Gasteiger charge is 2.38. The van der Waals surface area contributed by atoms with Crippen LogP contribution in [0.15, 0.2) is 0 Å². The van der Waals surface area contributed by atoms with E-state index < -0.39 is 13.1 Å². The molecule has 0 radical (unpaired) electrons. The molecule has 1 aliphatic heterocycles. The first kappa shape index (κ1) is 10.5. The molecule has 1 aliphatic rings. The van der Waals surface area contributed by atoms with Crippen molar-refractivity contribution in [3.63, 3.8) is 0 Å². The molecule has 1 fully saturated rings. The molecule has 6 heteroatoms. The van der Waals surface area contributed by atoms with Crippen LogP contribution in [0.1, 0.15) is 19.8 Å². The molecule has 5 N–H and O–H groups in total. The molecule has 1 rings (SSSR count). The smallest absolute Gasteiger partial charge is 0.426 e. The number of rotatable bonds is 2. The molecular weight excluding hydrogens is 171 g/mol. The maximum Gasteiger partial charge on any atom is 0.475 e. The minimum Gasteiger partial charge on any atom is -0.426 e. The van der Waals surface area contributed by atoms with E-state index in [1.54, 1.807) is 6.92 Å². The summed E-state index contributed by atoms with van der Waals surface area (Å²) >= 11 is 0. The van der Waals surface area contributed by atoms with Gasteiger partial charge in [-0.05, 0) is 19.8 Å². The fourth-order valence-electron chi connectivity index (χ4n) is 1.66. The maximum absolute atomic E-state index is 11.5. The summed E-state index contributed by atoms with van der Waals surface area (Å²) in [7, 11) is -1.43. The van der Waals surface area contributed by atoms with E-state index >= 15 is 0 Å². The van der Waals surface area contributed by atoms with Gasteiger partial charge in [0.05, 0.1) is 5.94 Å². The molecule has 0 bridgehead atoms. The lowest BCUT2D eigenvalue weighted by Gasteiger charge is -2.24. The highest BCUT2D eigenvalue weighted by molar-refractivity contribution is 6.43. The lowest BCUT2D eigenvalue weighted by molar-refractivity contribution is -0.400. The van der Waals surface area contributed by atoms with Crippen molar-refractivity contribution < 1.29 is 20.6 Å². The van der Waals surface area contributed by atoms with Gasteiger partial charge in [-0.2, -0.15) is 0 Å². The molecule has 1 amide bonds. The molecule has 1 heterocycles. The summed E-state index contributed by atoms with van der Waals surface area (Å²) in [6.07, 6.45) is 1.50. The van der Waals surface area contributed by atoms with E-state index in [9.17, 15) is 4.79 Å². The van der Waals surface area contributed by atoms with Crippen LogP contribution in [-0.4, -0.2) is 46.5 Å². The average Bonchev–Trinajstić information content (AvgIpc) is 2.50. The fourth-order valence-corrected chi connectivity index (χ4v) is 1.66. The van der Waals surface area contributed by atoms with Crippen molar-refractivity contribution in [3.05, 3.63) is 0 Å². The molecule has 0 aromatic rings. The maximum atomic E-state index is 11.5. The lowest BCUT2D eigenvalue weighted by Crippen LogP contribution is -2.67. The summed E-state index contributed by atoms with van der Waals surface area (Å²) in [6, 6.07) is -0.320. The van der Waals surface area contributed by atoms with Gasteiger partial charge in [-0.25, -0.2) is 0 Å². The number of likely N-dealkylation sites (tertiary alicyclic amines) is 1. The second-order valence-corrected chi connectivity index (χ2v) is 3.56. The third kappa shape index (κ3) is 2.21. The molecule has 2 atom stereocenters. The van der Waals surface area contributed by atoms with Crippen LogP contribution in [0.2, 0.25) is 0 Å². The van der Waals surface area contributed by atoms with Gasteiger partial charge in [0.2, 0.25) is 0 Å². The molecule has 13 heavy (non-hydrogen) atoms. The molecule has 0 aromatic carbocycles. The number of carbonyl (C=O) groups is 1. The Morgan fingerprint density at radius 2 is 2.31 bits per heavy atom. The second-order valence-electron chi connectivity index (χ2n) is 3.56. The van der Waals surface area contributed by atoms with Crippen molar-refractivity contribution in [2.45, 2.75) is 31.7 Å². The van der Waals surface area contributed by atoms with E-state index in [4.69, 9.17) is 10.0 Å². The Morgan fingerprint density at radius 1 is 1.69 bits per heavy atom. The quantitative estimate of drug-likeness (QED) is 0.422. The van der Waals surface area contributed by atoms with Crippen LogP contribution in [0, 0.1) is 0 Å². The molecule has 0 spiro atoms. The molecule has 0 saturated carbocycles. The van der Waals surface area contributed by atoms with E-state index in [1.165, 1.54) is 4.90 Å². The van der Waals surface area contributed by atoms with Crippen molar-refractivity contribution in [1.29, 1.82) is 0 Å². The minimum atomic E-state index is -1.43. The van der Waals surface area contributed by atoms with E-state index in [0.717, 1.165) is 6.42 Å². The minimum absolute atomic E-state index is 0.101.